The van der Waals surface area contributed by atoms with E-state index in [1.165, 1.54) is 50.4 Å². The van der Waals surface area contributed by atoms with E-state index < -0.39 is 0 Å². The summed E-state index contributed by atoms with van der Waals surface area (Å²) in [5, 5.41) is 3.64. The molecule has 0 aliphatic carbocycles. The molecule has 0 saturated carbocycles. The number of nitrogens with zero attached hydrogens (tertiary/aromatic N) is 1. The Balaban J connectivity index is 2.47. The molecule has 1 unspecified atom stereocenters. The third kappa shape index (κ3) is 6.44. The largest absolute Gasteiger partial charge is 0.314 e. The molecule has 1 N–H and O–H groups in total. The summed E-state index contributed by atoms with van der Waals surface area (Å²) < 4.78 is 0. The molecule has 1 aliphatic rings. The van der Waals surface area contributed by atoms with Crippen molar-refractivity contribution in [3.63, 3.8) is 0 Å². The molecule has 0 bridgehead atoms. The SMILES string of the molecule is CCCC(C)(CNC(C)C)CN1CCCSCC1. The summed E-state index contributed by atoms with van der Waals surface area (Å²) >= 11 is 2.12. The van der Waals surface area contributed by atoms with Crippen LogP contribution in [0.25, 0.3) is 0 Å². The maximum Gasteiger partial charge on any atom is 0.00726 e. The molecular weight excluding hydrogens is 240 g/mol. The molecule has 0 aromatic heterocycles. The number of nitrogens with one attached hydrogen (secondary N) is 1. The minimum Gasteiger partial charge on any atom is -0.314 e. The van der Waals surface area contributed by atoms with Crippen molar-refractivity contribution in [1.82, 2.24) is 10.2 Å². The van der Waals surface area contributed by atoms with E-state index >= 15 is 0 Å². The van der Waals surface area contributed by atoms with Crippen LogP contribution in [-0.2, 0) is 0 Å². The van der Waals surface area contributed by atoms with Gasteiger partial charge < -0.3 is 10.2 Å². The van der Waals surface area contributed by atoms with E-state index in [0.29, 0.717) is 11.5 Å². The van der Waals surface area contributed by atoms with Gasteiger partial charge in [-0.05, 0) is 30.6 Å². The first kappa shape index (κ1) is 16.3. The highest BCUT2D eigenvalue weighted by Gasteiger charge is 2.26. The van der Waals surface area contributed by atoms with E-state index in [-0.39, 0.29) is 0 Å². The van der Waals surface area contributed by atoms with Gasteiger partial charge in [0.25, 0.3) is 0 Å². The molecule has 1 atom stereocenters. The Hall–Kier alpha value is 0.270. The van der Waals surface area contributed by atoms with Crippen LogP contribution in [0.5, 0.6) is 0 Å². The Kier molecular flexibility index (Phi) is 7.66. The van der Waals surface area contributed by atoms with Crippen LogP contribution in [0.15, 0.2) is 0 Å². The number of hydrogen-bond donors (Lipinski definition) is 1. The number of hydrogen-bond acceptors (Lipinski definition) is 3. The average molecular weight is 273 g/mol. The zero-order valence-corrected chi connectivity index (χ0v) is 13.6. The average Bonchev–Trinajstić information content (AvgIpc) is 2.55. The standard InChI is InChI=1S/C15H32N2S/c1-5-7-15(4,12-16-14(2)3)13-17-8-6-10-18-11-9-17/h14,16H,5-13H2,1-4H3. The summed E-state index contributed by atoms with van der Waals surface area (Å²) in [5.41, 5.74) is 0.439. The summed E-state index contributed by atoms with van der Waals surface area (Å²) in [6.45, 7) is 14.3. The molecule has 18 heavy (non-hydrogen) atoms. The van der Waals surface area contributed by atoms with Crippen molar-refractivity contribution in [1.29, 1.82) is 0 Å². The van der Waals surface area contributed by atoms with Crippen LogP contribution in [0, 0.1) is 5.41 Å². The van der Waals surface area contributed by atoms with Crippen molar-refractivity contribution in [2.75, 3.05) is 37.7 Å². The van der Waals surface area contributed by atoms with Gasteiger partial charge in [0.1, 0.15) is 0 Å². The molecule has 0 aromatic carbocycles. The fourth-order valence-electron chi connectivity index (χ4n) is 2.77. The Labute approximate surface area is 118 Å². The van der Waals surface area contributed by atoms with Gasteiger partial charge >= 0.3 is 0 Å². The van der Waals surface area contributed by atoms with Crippen LogP contribution in [0.3, 0.4) is 0 Å². The minimum absolute atomic E-state index is 0.439. The Morgan fingerprint density at radius 1 is 1.28 bits per heavy atom. The van der Waals surface area contributed by atoms with Crippen molar-refractivity contribution >= 4 is 11.8 Å². The lowest BCUT2D eigenvalue weighted by Gasteiger charge is -2.36. The van der Waals surface area contributed by atoms with E-state index in [0.717, 1.165) is 6.54 Å². The third-order valence-electron chi connectivity index (χ3n) is 3.71. The highest BCUT2D eigenvalue weighted by atomic mass is 32.2. The molecule has 1 heterocycles. The van der Waals surface area contributed by atoms with Gasteiger partial charge in [0.05, 0.1) is 0 Å². The van der Waals surface area contributed by atoms with E-state index in [9.17, 15) is 0 Å². The second-order valence-corrected chi connectivity index (χ2v) is 7.56. The van der Waals surface area contributed by atoms with Gasteiger partial charge in [0.2, 0.25) is 0 Å². The second kappa shape index (κ2) is 8.44. The normalized spacial score (nSPS) is 21.8. The molecule has 108 valence electrons. The Morgan fingerprint density at radius 2 is 2.06 bits per heavy atom. The summed E-state index contributed by atoms with van der Waals surface area (Å²) in [6, 6.07) is 0.598. The summed E-state index contributed by atoms with van der Waals surface area (Å²) in [5.74, 6) is 2.67. The lowest BCUT2D eigenvalue weighted by Crippen LogP contribution is -2.44. The van der Waals surface area contributed by atoms with Gasteiger partial charge in [0, 0.05) is 31.4 Å². The first-order valence-corrected chi connectivity index (χ1v) is 8.75. The fraction of sp³-hybridized carbons (Fsp3) is 1.00. The lowest BCUT2D eigenvalue weighted by molar-refractivity contribution is 0.154. The van der Waals surface area contributed by atoms with Crippen molar-refractivity contribution < 1.29 is 0 Å². The first-order chi connectivity index (χ1) is 8.56. The van der Waals surface area contributed by atoms with Crippen molar-refractivity contribution in [2.45, 2.75) is 53.0 Å². The lowest BCUT2D eigenvalue weighted by atomic mass is 9.84. The third-order valence-corrected chi connectivity index (χ3v) is 4.76. The topological polar surface area (TPSA) is 15.3 Å². The fourth-order valence-corrected chi connectivity index (χ4v) is 3.70. The van der Waals surface area contributed by atoms with E-state index in [2.05, 4.69) is 49.7 Å². The molecule has 1 fully saturated rings. The maximum atomic E-state index is 3.64. The summed E-state index contributed by atoms with van der Waals surface area (Å²) in [6.07, 6.45) is 3.99. The summed E-state index contributed by atoms with van der Waals surface area (Å²) in [7, 11) is 0. The Bertz CT molecular complexity index is 213. The molecule has 1 aliphatic heterocycles. The molecular formula is C15H32N2S. The second-order valence-electron chi connectivity index (χ2n) is 6.34. The number of rotatable bonds is 7. The molecule has 1 rings (SSSR count). The van der Waals surface area contributed by atoms with Crippen LogP contribution in [0.4, 0.5) is 0 Å². The van der Waals surface area contributed by atoms with Gasteiger partial charge in [-0.25, -0.2) is 0 Å². The van der Waals surface area contributed by atoms with Gasteiger partial charge in [-0.3, -0.25) is 0 Å². The molecule has 0 spiro atoms. The van der Waals surface area contributed by atoms with Crippen molar-refractivity contribution in [2.24, 2.45) is 5.41 Å². The van der Waals surface area contributed by atoms with Crippen LogP contribution < -0.4 is 5.32 Å². The highest BCUT2D eigenvalue weighted by Crippen LogP contribution is 2.25. The maximum absolute atomic E-state index is 3.64. The minimum atomic E-state index is 0.439. The Morgan fingerprint density at radius 3 is 2.72 bits per heavy atom. The van der Waals surface area contributed by atoms with Crippen molar-refractivity contribution in [3.05, 3.63) is 0 Å². The molecule has 3 heteroatoms. The van der Waals surface area contributed by atoms with E-state index in [1.807, 2.05) is 0 Å². The quantitative estimate of drug-likeness (QED) is 0.766. The predicted molar refractivity (Wildman–Crippen MR) is 84.5 cm³/mol. The first-order valence-electron chi connectivity index (χ1n) is 7.59. The van der Waals surface area contributed by atoms with Crippen LogP contribution >= 0.6 is 11.8 Å². The van der Waals surface area contributed by atoms with Crippen LogP contribution in [0.2, 0.25) is 0 Å². The van der Waals surface area contributed by atoms with Gasteiger partial charge in [-0.2, -0.15) is 11.8 Å². The monoisotopic (exact) mass is 272 g/mol. The zero-order chi connectivity index (χ0) is 13.4. The van der Waals surface area contributed by atoms with Gasteiger partial charge in [-0.15, -0.1) is 0 Å². The smallest absolute Gasteiger partial charge is 0.00726 e. The molecule has 1 saturated heterocycles. The highest BCUT2D eigenvalue weighted by molar-refractivity contribution is 7.99. The van der Waals surface area contributed by atoms with Gasteiger partial charge in [-0.1, -0.05) is 34.1 Å². The van der Waals surface area contributed by atoms with Crippen LogP contribution in [-0.4, -0.2) is 48.6 Å². The molecule has 0 amide bonds. The molecule has 2 nitrogen and oxygen atoms in total. The van der Waals surface area contributed by atoms with E-state index in [1.54, 1.807) is 0 Å². The summed E-state index contributed by atoms with van der Waals surface area (Å²) in [4.78, 5) is 2.69. The predicted octanol–water partition coefficient (Wildman–Crippen LogP) is 3.23. The van der Waals surface area contributed by atoms with E-state index in [4.69, 9.17) is 0 Å². The van der Waals surface area contributed by atoms with Crippen LogP contribution in [0.1, 0.15) is 47.0 Å². The zero-order valence-electron chi connectivity index (χ0n) is 12.8. The van der Waals surface area contributed by atoms with Gasteiger partial charge in [0.15, 0.2) is 0 Å². The molecule has 0 aromatic rings. The number of thioether (sulfide) groups is 1. The van der Waals surface area contributed by atoms with Crippen molar-refractivity contribution in [3.8, 4) is 0 Å². The molecule has 0 radical (unpaired) electrons.